The molecule has 1 saturated heterocycles. The van der Waals surface area contributed by atoms with E-state index in [4.69, 9.17) is 17.3 Å². The Hall–Kier alpha value is -0.350. The highest BCUT2D eigenvalue weighted by Crippen LogP contribution is 2.19. The maximum Gasteiger partial charge on any atom is 0.168 e. The summed E-state index contributed by atoms with van der Waals surface area (Å²) in [4.78, 5) is 2.20. The van der Waals surface area contributed by atoms with E-state index in [1.54, 1.807) is 0 Å². The average Bonchev–Trinajstić information content (AvgIpc) is 2.18. The minimum Gasteiger partial charge on any atom is -0.396 e. The molecular weight excluding hydrogens is 184 g/mol. The molecular formula is C9H18N2OS. The summed E-state index contributed by atoms with van der Waals surface area (Å²) in [6.45, 7) is 2.38. The first-order valence-electron chi connectivity index (χ1n) is 4.85. The largest absolute Gasteiger partial charge is 0.396 e. The van der Waals surface area contributed by atoms with Crippen molar-refractivity contribution in [2.24, 2.45) is 5.92 Å². The lowest BCUT2D eigenvalue weighted by Gasteiger charge is -2.33. The van der Waals surface area contributed by atoms with E-state index in [0.717, 1.165) is 37.5 Å². The molecule has 1 aliphatic rings. The fourth-order valence-electron chi connectivity index (χ4n) is 1.77. The average molecular weight is 202 g/mol. The van der Waals surface area contributed by atoms with Crippen molar-refractivity contribution in [1.29, 1.82) is 0 Å². The van der Waals surface area contributed by atoms with Gasteiger partial charge in [-0.15, -0.1) is 0 Å². The highest BCUT2D eigenvalue weighted by atomic mass is 32.1. The molecule has 13 heavy (non-hydrogen) atoms. The minimum atomic E-state index is 0.321. The molecule has 2 N–H and O–H groups in total. The monoisotopic (exact) mass is 202 g/mol. The van der Waals surface area contributed by atoms with Crippen LogP contribution in [-0.2, 0) is 0 Å². The zero-order chi connectivity index (χ0) is 9.68. The minimum absolute atomic E-state index is 0.321. The second kappa shape index (κ2) is 5.40. The summed E-state index contributed by atoms with van der Waals surface area (Å²) in [6.07, 6.45) is 3.25. The standard InChI is InChI=1S/C9H18N2OS/c1-10-9(13)11-5-2-8(3-6-11)4-7-12/h8,12H,2-7H2,1H3,(H,10,13). The molecule has 1 aliphatic heterocycles. The van der Waals surface area contributed by atoms with E-state index in [0.29, 0.717) is 12.5 Å². The van der Waals surface area contributed by atoms with Gasteiger partial charge in [0, 0.05) is 26.7 Å². The van der Waals surface area contributed by atoms with Gasteiger partial charge in [0.05, 0.1) is 0 Å². The van der Waals surface area contributed by atoms with Crippen molar-refractivity contribution in [3.05, 3.63) is 0 Å². The third kappa shape index (κ3) is 3.12. The maximum absolute atomic E-state index is 8.79. The molecule has 0 atom stereocenters. The van der Waals surface area contributed by atoms with Crippen LogP contribution in [0.2, 0.25) is 0 Å². The van der Waals surface area contributed by atoms with Crippen LogP contribution >= 0.6 is 12.2 Å². The molecule has 0 aromatic rings. The van der Waals surface area contributed by atoms with Gasteiger partial charge in [-0.1, -0.05) is 0 Å². The van der Waals surface area contributed by atoms with Gasteiger partial charge in [-0.25, -0.2) is 0 Å². The fraction of sp³-hybridized carbons (Fsp3) is 0.889. The fourth-order valence-corrected chi connectivity index (χ4v) is 1.95. The van der Waals surface area contributed by atoms with Crippen LogP contribution < -0.4 is 5.32 Å². The van der Waals surface area contributed by atoms with Crippen molar-refractivity contribution >= 4 is 17.3 Å². The van der Waals surface area contributed by atoms with E-state index >= 15 is 0 Å². The zero-order valence-corrected chi connectivity index (χ0v) is 8.94. The molecule has 0 aromatic heterocycles. The Labute approximate surface area is 85.1 Å². The van der Waals surface area contributed by atoms with Gasteiger partial charge in [0.15, 0.2) is 5.11 Å². The number of thiocarbonyl (C=S) groups is 1. The van der Waals surface area contributed by atoms with E-state index in [2.05, 4.69) is 10.2 Å². The van der Waals surface area contributed by atoms with Gasteiger partial charge >= 0.3 is 0 Å². The van der Waals surface area contributed by atoms with Crippen LogP contribution in [0.1, 0.15) is 19.3 Å². The third-order valence-electron chi connectivity index (χ3n) is 2.65. The molecule has 0 bridgehead atoms. The van der Waals surface area contributed by atoms with Crippen LogP contribution in [0.3, 0.4) is 0 Å². The number of aliphatic hydroxyl groups is 1. The Kier molecular flexibility index (Phi) is 4.45. The third-order valence-corrected chi connectivity index (χ3v) is 3.12. The summed E-state index contributed by atoms with van der Waals surface area (Å²) < 4.78 is 0. The Morgan fingerprint density at radius 2 is 2.15 bits per heavy atom. The predicted octanol–water partition coefficient (Wildman–Crippen LogP) is 0.585. The molecule has 0 radical (unpaired) electrons. The number of hydrogen-bond donors (Lipinski definition) is 2. The second-order valence-electron chi connectivity index (χ2n) is 3.50. The number of nitrogens with one attached hydrogen (secondary N) is 1. The predicted molar refractivity (Wildman–Crippen MR) is 57.7 cm³/mol. The summed E-state index contributed by atoms with van der Waals surface area (Å²) in [7, 11) is 1.86. The van der Waals surface area contributed by atoms with E-state index in [-0.39, 0.29) is 0 Å². The topological polar surface area (TPSA) is 35.5 Å². The summed E-state index contributed by atoms with van der Waals surface area (Å²) in [5, 5.41) is 12.6. The van der Waals surface area contributed by atoms with Crippen LogP contribution in [0.4, 0.5) is 0 Å². The Balaban J connectivity index is 2.26. The highest BCUT2D eigenvalue weighted by Gasteiger charge is 2.19. The molecule has 0 aliphatic carbocycles. The molecule has 76 valence electrons. The van der Waals surface area contributed by atoms with Crippen LogP contribution in [0.25, 0.3) is 0 Å². The number of rotatable bonds is 2. The quantitative estimate of drug-likeness (QED) is 0.642. The van der Waals surface area contributed by atoms with Crippen molar-refractivity contribution in [3.63, 3.8) is 0 Å². The van der Waals surface area contributed by atoms with Gasteiger partial charge in [0.2, 0.25) is 0 Å². The molecule has 1 fully saturated rings. The van der Waals surface area contributed by atoms with Crippen molar-refractivity contribution in [1.82, 2.24) is 10.2 Å². The lowest BCUT2D eigenvalue weighted by molar-refractivity contribution is 0.203. The Morgan fingerprint density at radius 1 is 1.54 bits per heavy atom. The van der Waals surface area contributed by atoms with E-state index < -0.39 is 0 Å². The molecule has 0 amide bonds. The molecule has 1 rings (SSSR count). The normalized spacial score (nSPS) is 18.8. The first kappa shape index (κ1) is 10.7. The molecule has 0 unspecified atom stereocenters. The Bertz CT molecular complexity index is 167. The van der Waals surface area contributed by atoms with Crippen molar-refractivity contribution < 1.29 is 5.11 Å². The van der Waals surface area contributed by atoms with E-state index in [1.165, 1.54) is 0 Å². The van der Waals surface area contributed by atoms with Crippen LogP contribution in [0.15, 0.2) is 0 Å². The van der Waals surface area contributed by atoms with E-state index in [1.807, 2.05) is 7.05 Å². The van der Waals surface area contributed by atoms with Gasteiger partial charge in [0.1, 0.15) is 0 Å². The first-order chi connectivity index (χ1) is 6.27. The number of likely N-dealkylation sites (tertiary alicyclic amines) is 1. The van der Waals surface area contributed by atoms with Gasteiger partial charge in [0.25, 0.3) is 0 Å². The Morgan fingerprint density at radius 3 is 2.62 bits per heavy atom. The number of nitrogens with zero attached hydrogens (tertiary/aromatic N) is 1. The molecule has 3 nitrogen and oxygen atoms in total. The molecule has 4 heteroatoms. The van der Waals surface area contributed by atoms with Gasteiger partial charge < -0.3 is 15.3 Å². The van der Waals surface area contributed by atoms with E-state index in [9.17, 15) is 0 Å². The number of piperidine rings is 1. The van der Waals surface area contributed by atoms with Crippen LogP contribution in [0.5, 0.6) is 0 Å². The zero-order valence-electron chi connectivity index (χ0n) is 8.12. The molecule has 1 heterocycles. The van der Waals surface area contributed by atoms with Gasteiger partial charge in [-0.05, 0) is 37.4 Å². The molecule has 0 spiro atoms. The van der Waals surface area contributed by atoms with Gasteiger partial charge in [-0.2, -0.15) is 0 Å². The maximum atomic E-state index is 8.79. The SMILES string of the molecule is CNC(=S)N1CCC(CCO)CC1. The first-order valence-corrected chi connectivity index (χ1v) is 5.26. The van der Waals surface area contributed by atoms with Crippen molar-refractivity contribution in [2.45, 2.75) is 19.3 Å². The molecule has 0 aromatic carbocycles. The second-order valence-corrected chi connectivity index (χ2v) is 3.88. The summed E-state index contributed by atoms with van der Waals surface area (Å²) in [6, 6.07) is 0. The van der Waals surface area contributed by atoms with Crippen molar-refractivity contribution in [3.8, 4) is 0 Å². The number of hydrogen-bond acceptors (Lipinski definition) is 2. The van der Waals surface area contributed by atoms with Crippen LogP contribution in [-0.4, -0.2) is 41.9 Å². The summed E-state index contributed by atoms with van der Waals surface area (Å²) in [5.41, 5.74) is 0. The smallest absolute Gasteiger partial charge is 0.168 e. The lowest BCUT2D eigenvalue weighted by atomic mass is 9.94. The van der Waals surface area contributed by atoms with Gasteiger partial charge in [-0.3, -0.25) is 0 Å². The number of aliphatic hydroxyl groups excluding tert-OH is 1. The lowest BCUT2D eigenvalue weighted by Crippen LogP contribution is -2.43. The summed E-state index contributed by atoms with van der Waals surface area (Å²) >= 11 is 5.14. The molecule has 0 saturated carbocycles. The van der Waals surface area contributed by atoms with Crippen molar-refractivity contribution in [2.75, 3.05) is 26.7 Å². The highest BCUT2D eigenvalue weighted by molar-refractivity contribution is 7.80. The van der Waals surface area contributed by atoms with Crippen LogP contribution in [0, 0.1) is 5.92 Å². The summed E-state index contributed by atoms with van der Waals surface area (Å²) in [5.74, 6) is 0.695.